The highest BCUT2D eigenvalue weighted by Crippen LogP contribution is 2.20. The van der Waals surface area contributed by atoms with Gasteiger partial charge in [0.1, 0.15) is 5.82 Å². The number of fused-ring (bicyclic) bond motifs is 1. The van der Waals surface area contributed by atoms with Gasteiger partial charge in [0.15, 0.2) is 0 Å². The molecule has 2 unspecified atom stereocenters. The lowest BCUT2D eigenvalue weighted by Gasteiger charge is -2.17. The zero-order valence-electron chi connectivity index (χ0n) is 14.6. The number of H-pyrrole nitrogens is 1. The molecule has 0 radical (unpaired) electrons. The Bertz CT molecular complexity index is 821. The smallest absolute Gasteiger partial charge is 0.237 e. The van der Waals surface area contributed by atoms with Crippen LogP contribution in [-0.4, -0.2) is 21.9 Å². The first-order valence-electron chi connectivity index (χ1n) is 8.66. The number of imidazole rings is 1. The summed E-state index contributed by atoms with van der Waals surface area (Å²) >= 11 is 0. The molecule has 1 aromatic heterocycles. The van der Waals surface area contributed by atoms with Gasteiger partial charge in [-0.3, -0.25) is 4.79 Å². The second kappa shape index (κ2) is 7.49. The Morgan fingerprint density at radius 1 is 1.20 bits per heavy atom. The zero-order chi connectivity index (χ0) is 17.8. The number of carbonyl (C=O) groups is 1. The van der Waals surface area contributed by atoms with Crippen molar-refractivity contribution in [2.75, 3.05) is 0 Å². The number of hydrogen-bond donors (Lipinski definition) is 3. The Morgan fingerprint density at radius 2 is 1.92 bits per heavy atom. The predicted molar refractivity (Wildman–Crippen MR) is 101 cm³/mol. The van der Waals surface area contributed by atoms with Crippen LogP contribution >= 0.6 is 0 Å². The molecule has 2 atom stereocenters. The molecule has 1 amide bonds. The predicted octanol–water partition coefficient (Wildman–Crippen LogP) is 3.22. The van der Waals surface area contributed by atoms with Gasteiger partial charge in [0.25, 0.3) is 0 Å². The Morgan fingerprint density at radius 3 is 2.60 bits per heavy atom. The summed E-state index contributed by atoms with van der Waals surface area (Å²) in [5.41, 5.74) is 9.97. The standard InChI is InChI=1S/C20H24N4O/c1-3-13(2)18(21)20(25)22-12-14-8-10-15(11-9-14)19-23-16-6-4-5-7-17(16)24-19/h4-11,13,18H,3,12,21H2,1-2H3,(H,22,25)(H,23,24). The molecule has 0 bridgehead atoms. The van der Waals surface area contributed by atoms with E-state index in [1.165, 1.54) is 0 Å². The van der Waals surface area contributed by atoms with Gasteiger partial charge in [-0.1, -0.05) is 56.7 Å². The summed E-state index contributed by atoms with van der Waals surface area (Å²) in [5.74, 6) is 0.918. The number of aromatic amines is 1. The van der Waals surface area contributed by atoms with E-state index in [1.807, 2.05) is 62.4 Å². The minimum absolute atomic E-state index is 0.101. The molecule has 0 aliphatic carbocycles. The number of benzene rings is 2. The van der Waals surface area contributed by atoms with Crippen LogP contribution < -0.4 is 11.1 Å². The Balaban J connectivity index is 1.65. The van der Waals surface area contributed by atoms with E-state index < -0.39 is 6.04 Å². The van der Waals surface area contributed by atoms with Crippen molar-refractivity contribution in [1.29, 1.82) is 0 Å². The van der Waals surface area contributed by atoms with Gasteiger partial charge in [-0.05, 0) is 23.6 Å². The molecule has 2 aromatic carbocycles. The molecular weight excluding hydrogens is 312 g/mol. The van der Waals surface area contributed by atoms with E-state index in [1.54, 1.807) is 0 Å². The van der Waals surface area contributed by atoms with Crippen LogP contribution in [0.1, 0.15) is 25.8 Å². The lowest BCUT2D eigenvalue weighted by Crippen LogP contribution is -2.44. The monoisotopic (exact) mass is 336 g/mol. The number of hydrogen-bond acceptors (Lipinski definition) is 3. The maximum Gasteiger partial charge on any atom is 0.237 e. The van der Waals surface area contributed by atoms with Gasteiger partial charge >= 0.3 is 0 Å². The van der Waals surface area contributed by atoms with Gasteiger partial charge < -0.3 is 16.0 Å². The molecule has 25 heavy (non-hydrogen) atoms. The summed E-state index contributed by atoms with van der Waals surface area (Å²) in [5, 5.41) is 2.91. The molecule has 5 heteroatoms. The first kappa shape index (κ1) is 17.2. The van der Waals surface area contributed by atoms with Crippen molar-refractivity contribution in [3.63, 3.8) is 0 Å². The Labute approximate surface area is 147 Å². The maximum atomic E-state index is 12.1. The summed E-state index contributed by atoms with van der Waals surface area (Å²) in [6.45, 7) is 4.50. The summed E-state index contributed by atoms with van der Waals surface area (Å²) in [6.07, 6.45) is 0.890. The van der Waals surface area contributed by atoms with E-state index in [2.05, 4.69) is 15.3 Å². The second-order valence-corrected chi connectivity index (χ2v) is 6.43. The summed E-state index contributed by atoms with van der Waals surface area (Å²) in [7, 11) is 0. The molecule has 3 rings (SSSR count). The van der Waals surface area contributed by atoms with Crippen molar-refractivity contribution in [2.24, 2.45) is 11.7 Å². The van der Waals surface area contributed by atoms with Crippen LogP contribution in [0.15, 0.2) is 48.5 Å². The fraction of sp³-hybridized carbons (Fsp3) is 0.300. The van der Waals surface area contributed by atoms with E-state index in [9.17, 15) is 4.79 Å². The van der Waals surface area contributed by atoms with Crippen LogP contribution in [0.5, 0.6) is 0 Å². The third-order valence-electron chi connectivity index (χ3n) is 4.64. The molecule has 5 nitrogen and oxygen atoms in total. The van der Waals surface area contributed by atoms with Crippen LogP contribution in [0.3, 0.4) is 0 Å². The molecular formula is C20H24N4O. The van der Waals surface area contributed by atoms with Crippen molar-refractivity contribution in [3.8, 4) is 11.4 Å². The van der Waals surface area contributed by atoms with E-state index in [-0.39, 0.29) is 11.8 Å². The number of amides is 1. The molecule has 0 saturated carbocycles. The first-order valence-corrected chi connectivity index (χ1v) is 8.66. The lowest BCUT2D eigenvalue weighted by atomic mass is 9.99. The SMILES string of the molecule is CCC(C)C(N)C(=O)NCc1ccc(-c2nc3ccccc3[nH]2)cc1. The molecule has 4 N–H and O–H groups in total. The zero-order valence-corrected chi connectivity index (χ0v) is 14.6. The highest BCUT2D eigenvalue weighted by atomic mass is 16.2. The number of nitrogens with zero attached hydrogens (tertiary/aromatic N) is 1. The number of aromatic nitrogens is 2. The van der Waals surface area contributed by atoms with E-state index in [4.69, 9.17) is 5.73 Å². The molecule has 1 heterocycles. The third-order valence-corrected chi connectivity index (χ3v) is 4.64. The summed E-state index contributed by atoms with van der Waals surface area (Å²) < 4.78 is 0. The second-order valence-electron chi connectivity index (χ2n) is 6.43. The van der Waals surface area contributed by atoms with Gasteiger partial charge in [0, 0.05) is 12.1 Å². The van der Waals surface area contributed by atoms with Gasteiger partial charge in [0.05, 0.1) is 17.1 Å². The minimum Gasteiger partial charge on any atom is -0.351 e. The fourth-order valence-corrected chi connectivity index (χ4v) is 2.69. The normalized spacial score (nSPS) is 13.6. The fourth-order valence-electron chi connectivity index (χ4n) is 2.69. The molecule has 0 saturated heterocycles. The van der Waals surface area contributed by atoms with Crippen molar-refractivity contribution in [1.82, 2.24) is 15.3 Å². The molecule has 0 aliphatic rings. The molecule has 0 fully saturated rings. The Kier molecular flexibility index (Phi) is 5.14. The van der Waals surface area contributed by atoms with E-state index >= 15 is 0 Å². The van der Waals surface area contributed by atoms with Crippen LogP contribution in [0.25, 0.3) is 22.4 Å². The van der Waals surface area contributed by atoms with Gasteiger partial charge in [-0.25, -0.2) is 4.98 Å². The first-order chi connectivity index (χ1) is 12.1. The van der Waals surface area contributed by atoms with Gasteiger partial charge in [-0.2, -0.15) is 0 Å². The average Bonchev–Trinajstić information content (AvgIpc) is 3.09. The topological polar surface area (TPSA) is 83.8 Å². The highest BCUT2D eigenvalue weighted by Gasteiger charge is 2.18. The minimum atomic E-state index is -0.458. The number of rotatable bonds is 6. The molecule has 3 aromatic rings. The van der Waals surface area contributed by atoms with Crippen molar-refractivity contribution in [2.45, 2.75) is 32.9 Å². The van der Waals surface area contributed by atoms with Gasteiger partial charge in [0.2, 0.25) is 5.91 Å². The van der Waals surface area contributed by atoms with Crippen LogP contribution in [-0.2, 0) is 11.3 Å². The molecule has 130 valence electrons. The largest absolute Gasteiger partial charge is 0.351 e. The number of nitrogens with one attached hydrogen (secondary N) is 2. The van der Waals surface area contributed by atoms with Crippen LogP contribution in [0.2, 0.25) is 0 Å². The third kappa shape index (κ3) is 3.88. The number of nitrogens with two attached hydrogens (primary N) is 1. The highest BCUT2D eigenvalue weighted by molar-refractivity contribution is 5.82. The van der Waals surface area contributed by atoms with Crippen molar-refractivity contribution in [3.05, 3.63) is 54.1 Å². The van der Waals surface area contributed by atoms with E-state index in [0.717, 1.165) is 34.4 Å². The number of para-hydroxylation sites is 2. The number of carbonyl (C=O) groups excluding carboxylic acids is 1. The van der Waals surface area contributed by atoms with E-state index in [0.29, 0.717) is 6.54 Å². The van der Waals surface area contributed by atoms with Crippen LogP contribution in [0.4, 0.5) is 0 Å². The van der Waals surface area contributed by atoms with Crippen molar-refractivity contribution < 1.29 is 4.79 Å². The maximum absolute atomic E-state index is 12.1. The molecule has 0 aliphatic heterocycles. The van der Waals surface area contributed by atoms with Crippen LogP contribution in [0, 0.1) is 5.92 Å². The van der Waals surface area contributed by atoms with Gasteiger partial charge in [-0.15, -0.1) is 0 Å². The summed E-state index contributed by atoms with van der Waals surface area (Å²) in [6, 6.07) is 15.5. The average molecular weight is 336 g/mol. The molecule has 0 spiro atoms. The summed E-state index contributed by atoms with van der Waals surface area (Å²) in [4.78, 5) is 20.0. The lowest BCUT2D eigenvalue weighted by molar-refractivity contribution is -0.123. The Hall–Kier alpha value is -2.66. The van der Waals surface area contributed by atoms with Crippen molar-refractivity contribution >= 4 is 16.9 Å². The quantitative estimate of drug-likeness (QED) is 0.646.